The Morgan fingerprint density at radius 3 is 2.81 bits per heavy atom. The highest BCUT2D eigenvalue weighted by Gasteiger charge is 2.54. The number of hydrogen-bond acceptors (Lipinski definition) is 11. The molecule has 15 heteroatoms. The van der Waals surface area contributed by atoms with Gasteiger partial charge in [-0.25, -0.2) is 9.78 Å². The summed E-state index contributed by atoms with van der Waals surface area (Å²) in [4.78, 5) is 58.5. The minimum Gasteiger partial charge on any atom is -0.477 e. The first-order valence-corrected chi connectivity index (χ1v) is 11.5. The molecule has 1 fully saturated rings. The van der Waals surface area contributed by atoms with Crippen LogP contribution >= 0.6 is 34.7 Å². The summed E-state index contributed by atoms with van der Waals surface area (Å²) in [6.45, 7) is 1.01. The number of carboxylic acids is 1. The maximum Gasteiger partial charge on any atom is 0.352 e. The predicted octanol–water partition coefficient (Wildman–Crippen LogP) is -0.0135. The Morgan fingerprint density at radius 1 is 1.47 bits per heavy atom. The highest BCUT2D eigenvalue weighted by Crippen LogP contribution is 2.40. The Hall–Kier alpha value is -2.84. The van der Waals surface area contributed by atoms with Gasteiger partial charge in [0.05, 0.1) is 5.88 Å². The molecule has 3 rings (SSSR count). The lowest BCUT2D eigenvalue weighted by molar-refractivity contribution is -0.150. The minimum absolute atomic E-state index is 0.0461. The van der Waals surface area contributed by atoms with E-state index >= 15 is 0 Å². The molecule has 12 nitrogen and oxygen atoms in total. The zero-order valence-electron chi connectivity index (χ0n) is 16.6. The van der Waals surface area contributed by atoms with Crippen molar-refractivity contribution in [2.75, 3.05) is 30.6 Å². The number of amides is 2. The summed E-state index contributed by atoms with van der Waals surface area (Å²) in [7, 11) is 0. The number of anilines is 1. The van der Waals surface area contributed by atoms with Gasteiger partial charge in [0.2, 0.25) is 0 Å². The number of carbonyl (C=O) groups is 4. The largest absolute Gasteiger partial charge is 0.477 e. The second-order valence-corrected chi connectivity index (χ2v) is 8.80. The number of esters is 1. The van der Waals surface area contributed by atoms with Gasteiger partial charge in [0.15, 0.2) is 10.8 Å². The van der Waals surface area contributed by atoms with E-state index in [0.29, 0.717) is 5.57 Å². The fraction of sp³-hybridized carbons (Fsp3) is 0.412. The maximum atomic E-state index is 12.8. The minimum atomic E-state index is -1.33. The van der Waals surface area contributed by atoms with Crippen LogP contribution in [0.4, 0.5) is 5.13 Å². The number of hydrogen-bond donors (Lipinski definition) is 3. The van der Waals surface area contributed by atoms with Crippen LogP contribution < -0.4 is 11.1 Å². The number of carbonyl (C=O) groups excluding carboxylic acids is 3. The van der Waals surface area contributed by atoms with Crippen LogP contribution in [0.5, 0.6) is 0 Å². The zero-order chi connectivity index (χ0) is 23.4. The molecular weight excluding hydrogens is 486 g/mol. The topological polar surface area (TPSA) is 174 Å². The van der Waals surface area contributed by atoms with E-state index < -0.39 is 35.2 Å². The summed E-state index contributed by atoms with van der Waals surface area (Å²) < 4.78 is 4.89. The molecule has 0 aromatic carbocycles. The van der Waals surface area contributed by atoms with Crippen LogP contribution in [0.1, 0.15) is 12.6 Å². The Bertz CT molecular complexity index is 1010. The molecule has 0 spiro atoms. The quantitative estimate of drug-likeness (QED) is 0.104. The Kier molecular flexibility index (Phi) is 7.58. The number of nitrogens with one attached hydrogen (secondary N) is 1. The molecule has 2 amide bonds. The van der Waals surface area contributed by atoms with Gasteiger partial charge in [0.1, 0.15) is 36.0 Å². The predicted molar refractivity (Wildman–Crippen MR) is 116 cm³/mol. The number of rotatable bonds is 9. The number of thioether (sulfide) groups is 1. The van der Waals surface area contributed by atoms with Gasteiger partial charge in [0.25, 0.3) is 11.8 Å². The molecule has 0 saturated carbocycles. The Morgan fingerprint density at radius 2 is 2.22 bits per heavy atom. The summed E-state index contributed by atoms with van der Waals surface area (Å²) in [6, 6.07) is -0.994. The van der Waals surface area contributed by atoms with E-state index in [1.54, 1.807) is 0 Å². The fourth-order valence-corrected chi connectivity index (χ4v) is 4.88. The standard InChI is InChI=1S/C17H18ClN5O7S2/c1-7(24)29-4-8-5-31-15-11(14(26)23(15)12(8)16(27)28)21-13(25)10(22-30-3-2-18)9-6-32-17(19)20-9/h6,11,15H,2-5H2,1H3,(H2,19,20)(H,21,25)(H,27,28)/t11-,15-/m1/s1. The number of oxime groups is 1. The second-order valence-electron chi connectivity index (χ2n) is 6.43. The number of ether oxygens (including phenoxy) is 1. The normalized spacial score (nSPS) is 20.4. The van der Waals surface area contributed by atoms with E-state index in [-0.39, 0.29) is 47.1 Å². The summed E-state index contributed by atoms with van der Waals surface area (Å²) >= 11 is 7.89. The summed E-state index contributed by atoms with van der Waals surface area (Å²) in [6.07, 6.45) is 0. The lowest BCUT2D eigenvalue weighted by Gasteiger charge is -2.49. The van der Waals surface area contributed by atoms with Crippen molar-refractivity contribution in [1.82, 2.24) is 15.2 Å². The number of β-lactam (4-membered cyclic amide) rings is 1. The van der Waals surface area contributed by atoms with Crippen LogP contribution in [0.25, 0.3) is 0 Å². The SMILES string of the molecule is CC(=O)OCC1=C(C(=O)O)N2C(=O)[C@@H](NC(=O)C(=NOCCCl)c3csc(N)n3)[C@H]2SC1. The molecule has 1 saturated heterocycles. The third-order valence-electron chi connectivity index (χ3n) is 4.29. The van der Waals surface area contributed by atoms with Crippen LogP contribution in [-0.4, -0.2) is 80.7 Å². The number of carboxylic acid groups (broad SMARTS) is 1. The molecule has 1 aromatic heterocycles. The highest BCUT2D eigenvalue weighted by atomic mass is 35.5. The van der Waals surface area contributed by atoms with Crippen molar-refractivity contribution in [3.8, 4) is 0 Å². The van der Waals surface area contributed by atoms with E-state index in [1.807, 2.05) is 0 Å². The molecule has 0 radical (unpaired) electrons. The molecule has 0 unspecified atom stereocenters. The van der Waals surface area contributed by atoms with Crippen LogP contribution in [-0.2, 0) is 28.8 Å². The second kappa shape index (κ2) is 10.2. The number of fused-ring (bicyclic) bond motifs is 1. The first-order chi connectivity index (χ1) is 15.2. The Balaban J connectivity index is 1.77. The van der Waals surface area contributed by atoms with Crippen molar-refractivity contribution < 1.29 is 33.9 Å². The number of nitrogens with zero attached hydrogens (tertiary/aromatic N) is 3. The first kappa shape index (κ1) is 23.8. The van der Waals surface area contributed by atoms with E-state index in [2.05, 4.69) is 15.5 Å². The molecule has 2 aliphatic rings. The molecule has 2 aliphatic heterocycles. The average Bonchev–Trinajstić information content (AvgIpc) is 3.18. The Labute approximate surface area is 194 Å². The third kappa shape index (κ3) is 4.97. The maximum absolute atomic E-state index is 12.8. The molecule has 0 aliphatic carbocycles. The van der Waals surface area contributed by atoms with Gasteiger partial charge in [-0.05, 0) is 0 Å². The van der Waals surface area contributed by atoms with Gasteiger partial charge in [0, 0.05) is 23.6 Å². The highest BCUT2D eigenvalue weighted by molar-refractivity contribution is 8.00. The summed E-state index contributed by atoms with van der Waals surface area (Å²) in [5, 5.41) is 17.0. The van der Waals surface area contributed by atoms with Gasteiger partial charge in [-0.3, -0.25) is 19.3 Å². The monoisotopic (exact) mass is 503 g/mol. The molecule has 1 aromatic rings. The first-order valence-electron chi connectivity index (χ1n) is 9.06. The van der Waals surface area contributed by atoms with E-state index in [9.17, 15) is 24.3 Å². The van der Waals surface area contributed by atoms with Crippen molar-refractivity contribution in [3.05, 3.63) is 22.3 Å². The van der Waals surface area contributed by atoms with Crippen LogP contribution in [0.15, 0.2) is 21.8 Å². The lowest BCUT2D eigenvalue weighted by atomic mass is 10.0. The van der Waals surface area contributed by atoms with Crippen LogP contribution in [0.2, 0.25) is 0 Å². The molecule has 4 N–H and O–H groups in total. The van der Waals surface area contributed by atoms with Crippen molar-refractivity contribution >= 4 is 69.3 Å². The van der Waals surface area contributed by atoms with Crippen molar-refractivity contribution in [2.24, 2.45) is 5.16 Å². The smallest absolute Gasteiger partial charge is 0.352 e. The molecule has 172 valence electrons. The molecule has 3 heterocycles. The van der Waals surface area contributed by atoms with Crippen LogP contribution in [0.3, 0.4) is 0 Å². The summed E-state index contributed by atoms with van der Waals surface area (Å²) in [5.74, 6) is -2.91. The van der Waals surface area contributed by atoms with Gasteiger partial charge < -0.3 is 25.7 Å². The fourth-order valence-electron chi connectivity index (χ4n) is 2.94. The van der Waals surface area contributed by atoms with E-state index in [4.69, 9.17) is 26.9 Å². The molecular formula is C17H18ClN5O7S2. The number of nitrogen functional groups attached to an aromatic ring is 1. The van der Waals surface area contributed by atoms with E-state index in [1.165, 1.54) is 24.1 Å². The average molecular weight is 504 g/mol. The lowest BCUT2D eigenvalue weighted by Crippen LogP contribution is -2.71. The van der Waals surface area contributed by atoms with Gasteiger partial charge in [-0.15, -0.1) is 34.7 Å². The van der Waals surface area contributed by atoms with Crippen molar-refractivity contribution in [2.45, 2.75) is 18.3 Å². The molecule has 2 atom stereocenters. The van der Waals surface area contributed by atoms with Gasteiger partial charge in [-0.2, -0.15) is 0 Å². The number of nitrogens with two attached hydrogens (primary N) is 1. The van der Waals surface area contributed by atoms with Crippen molar-refractivity contribution in [3.63, 3.8) is 0 Å². The number of thiazole rings is 1. The number of alkyl halides is 1. The van der Waals surface area contributed by atoms with Crippen LogP contribution in [0, 0.1) is 0 Å². The zero-order valence-corrected chi connectivity index (χ0v) is 19.0. The number of halogens is 1. The van der Waals surface area contributed by atoms with Gasteiger partial charge >= 0.3 is 11.9 Å². The number of aliphatic carboxylic acids is 1. The van der Waals surface area contributed by atoms with E-state index in [0.717, 1.165) is 16.2 Å². The molecule has 0 bridgehead atoms. The van der Waals surface area contributed by atoms with Gasteiger partial charge in [-0.1, -0.05) is 5.16 Å². The number of aromatic nitrogens is 1. The van der Waals surface area contributed by atoms with Crippen molar-refractivity contribution in [1.29, 1.82) is 0 Å². The molecule has 32 heavy (non-hydrogen) atoms. The summed E-state index contributed by atoms with van der Waals surface area (Å²) in [5.41, 5.74) is 5.63. The third-order valence-corrected chi connectivity index (χ3v) is 6.46.